The van der Waals surface area contributed by atoms with Gasteiger partial charge in [0.15, 0.2) is 0 Å². The van der Waals surface area contributed by atoms with Crippen molar-refractivity contribution in [3.05, 3.63) is 24.3 Å². The van der Waals surface area contributed by atoms with Crippen molar-refractivity contribution in [1.82, 2.24) is 9.21 Å². The zero-order valence-electron chi connectivity index (χ0n) is 14.3. The van der Waals surface area contributed by atoms with E-state index in [2.05, 4.69) is 5.32 Å². The van der Waals surface area contributed by atoms with Gasteiger partial charge in [-0.3, -0.25) is 9.59 Å². The Bertz CT molecular complexity index is 749. The number of anilines is 1. The Labute approximate surface area is 148 Å². The number of nitrogens with one attached hydrogen (secondary N) is 1. The molecular formula is C17H23N3O4S. The summed E-state index contributed by atoms with van der Waals surface area (Å²) in [6, 6.07) is 6.13. The van der Waals surface area contributed by atoms with Crippen LogP contribution in [0.1, 0.15) is 26.2 Å². The fourth-order valence-corrected chi connectivity index (χ4v) is 4.55. The van der Waals surface area contributed by atoms with Gasteiger partial charge in [-0.25, -0.2) is 8.42 Å². The van der Waals surface area contributed by atoms with Gasteiger partial charge in [0, 0.05) is 44.7 Å². The van der Waals surface area contributed by atoms with E-state index in [0.29, 0.717) is 31.9 Å². The Kier molecular flexibility index (Phi) is 5.10. The van der Waals surface area contributed by atoms with Crippen molar-refractivity contribution in [1.29, 1.82) is 0 Å². The summed E-state index contributed by atoms with van der Waals surface area (Å²) in [6.45, 7) is 2.91. The normalized spacial score (nSPS) is 19.3. The highest BCUT2D eigenvalue weighted by Crippen LogP contribution is 2.29. The Morgan fingerprint density at radius 2 is 1.64 bits per heavy atom. The smallest absolute Gasteiger partial charge is 0.243 e. The van der Waals surface area contributed by atoms with Gasteiger partial charge >= 0.3 is 0 Å². The third-order valence-electron chi connectivity index (χ3n) is 4.82. The second-order valence-corrected chi connectivity index (χ2v) is 8.50. The molecule has 0 unspecified atom stereocenters. The average Bonchev–Trinajstić information content (AvgIpc) is 2.53. The number of carbonyl (C=O) groups excluding carboxylic acids is 2. The van der Waals surface area contributed by atoms with Crippen LogP contribution in [0.5, 0.6) is 0 Å². The van der Waals surface area contributed by atoms with Gasteiger partial charge in [0.2, 0.25) is 21.8 Å². The third kappa shape index (κ3) is 3.85. The lowest BCUT2D eigenvalue weighted by Gasteiger charge is -2.37. The third-order valence-corrected chi connectivity index (χ3v) is 6.73. The quantitative estimate of drug-likeness (QED) is 0.871. The zero-order valence-corrected chi connectivity index (χ0v) is 15.1. The van der Waals surface area contributed by atoms with Crippen molar-refractivity contribution >= 4 is 27.5 Å². The van der Waals surface area contributed by atoms with Crippen molar-refractivity contribution < 1.29 is 18.0 Å². The first kappa shape index (κ1) is 17.9. The lowest BCUT2D eigenvalue weighted by molar-refractivity contribution is -0.139. The van der Waals surface area contributed by atoms with Gasteiger partial charge in [-0.15, -0.1) is 0 Å². The van der Waals surface area contributed by atoms with Crippen LogP contribution in [0.4, 0.5) is 5.69 Å². The van der Waals surface area contributed by atoms with Crippen molar-refractivity contribution in [3.8, 4) is 0 Å². The fraction of sp³-hybridized carbons (Fsp3) is 0.529. The molecule has 1 aliphatic heterocycles. The Balaban J connectivity index is 1.63. The number of nitrogens with zero attached hydrogens (tertiary/aromatic N) is 2. The first-order valence-electron chi connectivity index (χ1n) is 8.54. The van der Waals surface area contributed by atoms with Crippen molar-refractivity contribution in [2.75, 3.05) is 31.5 Å². The molecule has 0 bridgehead atoms. The first-order valence-corrected chi connectivity index (χ1v) is 9.98. The average molecular weight is 365 g/mol. The van der Waals surface area contributed by atoms with E-state index in [9.17, 15) is 18.0 Å². The summed E-state index contributed by atoms with van der Waals surface area (Å²) < 4.78 is 26.9. The SMILES string of the molecule is CC(=O)Nc1ccc(S(=O)(=O)N2CCN(C(=O)C3CCC3)CC2)cc1. The molecule has 2 amide bonds. The van der Waals surface area contributed by atoms with Crippen LogP contribution in [0.25, 0.3) is 0 Å². The standard InChI is InChI=1S/C17H23N3O4S/c1-13(21)18-15-5-7-16(8-6-15)25(23,24)20-11-9-19(10-12-20)17(22)14-3-2-4-14/h5-8,14H,2-4,9-12H2,1H3,(H,18,21). The summed E-state index contributed by atoms with van der Waals surface area (Å²) >= 11 is 0. The molecule has 1 saturated heterocycles. The minimum absolute atomic E-state index is 0.143. The maximum Gasteiger partial charge on any atom is 0.243 e. The maximum absolute atomic E-state index is 12.7. The van der Waals surface area contributed by atoms with Crippen LogP contribution in [-0.4, -0.2) is 55.6 Å². The van der Waals surface area contributed by atoms with E-state index >= 15 is 0 Å². The Morgan fingerprint density at radius 3 is 2.12 bits per heavy atom. The summed E-state index contributed by atoms with van der Waals surface area (Å²) in [6.07, 6.45) is 3.02. The molecule has 3 rings (SSSR count). The van der Waals surface area contributed by atoms with E-state index in [1.165, 1.54) is 23.4 Å². The van der Waals surface area contributed by atoms with Gasteiger partial charge in [-0.2, -0.15) is 4.31 Å². The van der Waals surface area contributed by atoms with E-state index in [-0.39, 0.29) is 22.6 Å². The number of benzene rings is 1. The molecule has 1 aromatic rings. The van der Waals surface area contributed by atoms with E-state index in [1.807, 2.05) is 0 Å². The molecule has 136 valence electrons. The van der Waals surface area contributed by atoms with Crippen LogP contribution < -0.4 is 5.32 Å². The van der Waals surface area contributed by atoms with Crippen molar-refractivity contribution in [2.24, 2.45) is 5.92 Å². The van der Waals surface area contributed by atoms with E-state index in [0.717, 1.165) is 19.3 Å². The first-order chi connectivity index (χ1) is 11.9. The van der Waals surface area contributed by atoms with Gasteiger partial charge < -0.3 is 10.2 Å². The van der Waals surface area contributed by atoms with Gasteiger partial charge in [-0.1, -0.05) is 6.42 Å². The lowest BCUT2D eigenvalue weighted by Crippen LogP contribution is -2.52. The largest absolute Gasteiger partial charge is 0.340 e. The molecule has 25 heavy (non-hydrogen) atoms. The van der Waals surface area contributed by atoms with Gasteiger partial charge in [0.25, 0.3) is 0 Å². The molecule has 1 aliphatic carbocycles. The van der Waals surface area contributed by atoms with Crippen LogP contribution in [-0.2, 0) is 19.6 Å². The number of hydrogen-bond acceptors (Lipinski definition) is 4. The molecular weight excluding hydrogens is 342 g/mol. The topological polar surface area (TPSA) is 86.8 Å². The summed E-state index contributed by atoms with van der Waals surface area (Å²) in [4.78, 5) is 25.3. The molecule has 7 nitrogen and oxygen atoms in total. The molecule has 0 radical (unpaired) electrons. The summed E-state index contributed by atoms with van der Waals surface area (Å²) in [5.41, 5.74) is 0.558. The van der Waals surface area contributed by atoms with Gasteiger partial charge in [0.05, 0.1) is 4.90 Å². The Morgan fingerprint density at radius 1 is 1.04 bits per heavy atom. The summed E-state index contributed by atoms with van der Waals surface area (Å²) in [7, 11) is -3.59. The van der Waals surface area contributed by atoms with Crippen LogP contribution in [0.2, 0.25) is 0 Å². The number of hydrogen-bond donors (Lipinski definition) is 1. The maximum atomic E-state index is 12.7. The number of rotatable bonds is 4. The Hall–Kier alpha value is -1.93. The lowest BCUT2D eigenvalue weighted by atomic mass is 9.84. The van der Waals surface area contributed by atoms with Gasteiger partial charge in [-0.05, 0) is 37.1 Å². The van der Waals surface area contributed by atoms with Crippen molar-refractivity contribution in [3.63, 3.8) is 0 Å². The molecule has 0 spiro atoms. The number of amides is 2. The summed E-state index contributed by atoms with van der Waals surface area (Å²) in [5, 5.41) is 2.61. The molecule has 0 atom stereocenters. The molecule has 2 aliphatic rings. The number of carbonyl (C=O) groups is 2. The molecule has 8 heteroatoms. The van der Waals surface area contributed by atoms with Crippen LogP contribution >= 0.6 is 0 Å². The van der Waals surface area contributed by atoms with E-state index in [4.69, 9.17) is 0 Å². The van der Waals surface area contributed by atoms with Crippen LogP contribution in [0.3, 0.4) is 0 Å². The molecule has 1 N–H and O–H groups in total. The predicted octanol–water partition coefficient (Wildman–Crippen LogP) is 1.28. The molecule has 0 aromatic heterocycles. The van der Waals surface area contributed by atoms with Crippen LogP contribution in [0, 0.1) is 5.92 Å². The predicted molar refractivity (Wildman–Crippen MR) is 93.4 cm³/mol. The van der Waals surface area contributed by atoms with Gasteiger partial charge in [0.1, 0.15) is 0 Å². The van der Waals surface area contributed by atoms with Crippen LogP contribution in [0.15, 0.2) is 29.2 Å². The summed E-state index contributed by atoms with van der Waals surface area (Å²) in [5.74, 6) is 0.107. The number of piperazine rings is 1. The second-order valence-electron chi connectivity index (χ2n) is 6.56. The highest BCUT2D eigenvalue weighted by Gasteiger charge is 2.34. The highest BCUT2D eigenvalue weighted by molar-refractivity contribution is 7.89. The number of sulfonamides is 1. The van der Waals surface area contributed by atoms with E-state index < -0.39 is 10.0 Å². The fourth-order valence-electron chi connectivity index (χ4n) is 3.12. The monoisotopic (exact) mass is 365 g/mol. The van der Waals surface area contributed by atoms with E-state index in [1.54, 1.807) is 17.0 Å². The highest BCUT2D eigenvalue weighted by atomic mass is 32.2. The van der Waals surface area contributed by atoms with Crippen molar-refractivity contribution in [2.45, 2.75) is 31.1 Å². The molecule has 1 aromatic carbocycles. The second kappa shape index (κ2) is 7.13. The molecule has 1 saturated carbocycles. The zero-order chi connectivity index (χ0) is 18.0. The molecule has 1 heterocycles. The minimum Gasteiger partial charge on any atom is -0.340 e. The minimum atomic E-state index is -3.59. The molecule has 2 fully saturated rings.